The SMILES string of the molecule is CCOC(=O)CN(C)Cc1cnoc1. The third-order valence-corrected chi connectivity index (χ3v) is 1.64. The van der Waals surface area contributed by atoms with Crippen LogP contribution < -0.4 is 0 Å². The molecule has 0 spiro atoms. The van der Waals surface area contributed by atoms with E-state index in [1.54, 1.807) is 19.4 Å². The molecule has 0 aliphatic heterocycles. The quantitative estimate of drug-likeness (QED) is 0.651. The second-order valence-corrected chi connectivity index (χ2v) is 3.01. The van der Waals surface area contributed by atoms with Gasteiger partial charge in [0.25, 0.3) is 0 Å². The number of hydrogen-bond acceptors (Lipinski definition) is 5. The molecule has 0 aliphatic rings. The smallest absolute Gasteiger partial charge is 0.320 e. The predicted molar refractivity (Wildman–Crippen MR) is 49.5 cm³/mol. The first-order chi connectivity index (χ1) is 6.72. The summed E-state index contributed by atoms with van der Waals surface area (Å²) >= 11 is 0. The first-order valence-electron chi connectivity index (χ1n) is 4.44. The van der Waals surface area contributed by atoms with Crippen LogP contribution >= 0.6 is 0 Å². The van der Waals surface area contributed by atoms with Gasteiger partial charge in [0.2, 0.25) is 0 Å². The molecule has 1 aromatic rings. The zero-order chi connectivity index (χ0) is 10.4. The molecule has 78 valence electrons. The topological polar surface area (TPSA) is 55.6 Å². The summed E-state index contributed by atoms with van der Waals surface area (Å²) in [7, 11) is 1.84. The van der Waals surface area contributed by atoms with E-state index in [2.05, 4.69) is 9.68 Å². The maximum atomic E-state index is 11.1. The number of ether oxygens (including phenoxy) is 1. The van der Waals surface area contributed by atoms with Crippen LogP contribution in [0.1, 0.15) is 12.5 Å². The van der Waals surface area contributed by atoms with E-state index in [0.29, 0.717) is 13.2 Å². The number of hydrogen-bond donors (Lipinski definition) is 0. The fraction of sp³-hybridized carbons (Fsp3) is 0.556. The first kappa shape index (κ1) is 10.7. The van der Waals surface area contributed by atoms with Gasteiger partial charge in [-0.25, -0.2) is 0 Å². The fourth-order valence-electron chi connectivity index (χ4n) is 1.10. The van der Waals surface area contributed by atoms with Crippen molar-refractivity contribution in [2.75, 3.05) is 20.2 Å². The van der Waals surface area contributed by atoms with Crippen LogP contribution in [-0.2, 0) is 16.1 Å². The number of rotatable bonds is 5. The van der Waals surface area contributed by atoms with Crippen molar-refractivity contribution in [1.82, 2.24) is 10.1 Å². The second-order valence-electron chi connectivity index (χ2n) is 3.01. The lowest BCUT2D eigenvalue weighted by atomic mass is 10.3. The molecule has 0 amide bonds. The van der Waals surface area contributed by atoms with Gasteiger partial charge in [0.1, 0.15) is 6.26 Å². The second kappa shape index (κ2) is 5.39. The lowest BCUT2D eigenvalue weighted by molar-refractivity contribution is -0.144. The number of carbonyl (C=O) groups is 1. The third kappa shape index (κ3) is 3.57. The van der Waals surface area contributed by atoms with Gasteiger partial charge < -0.3 is 9.26 Å². The number of aromatic nitrogens is 1. The molecular weight excluding hydrogens is 184 g/mol. The molecular formula is C9H14N2O3. The standard InChI is InChI=1S/C9H14N2O3/c1-3-13-9(12)6-11(2)5-8-4-10-14-7-8/h4,7H,3,5-6H2,1-2H3. The summed E-state index contributed by atoms with van der Waals surface area (Å²) in [5, 5.41) is 3.57. The van der Waals surface area contributed by atoms with Crippen LogP contribution in [0, 0.1) is 0 Å². The van der Waals surface area contributed by atoms with Crippen LogP contribution in [-0.4, -0.2) is 36.2 Å². The van der Waals surface area contributed by atoms with E-state index in [0.717, 1.165) is 5.56 Å². The van der Waals surface area contributed by atoms with Crippen LogP contribution in [0.2, 0.25) is 0 Å². The molecule has 0 bridgehead atoms. The molecule has 0 unspecified atom stereocenters. The minimum Gasteiger partial charge on any atom is -0.465 e. The van der Waals surface area contributed by atoms with Gasteiger partial charge in [-0.05, 0) is 14.0 Å². The lowest BCUT2D eigenvalue weighted by Gasteiger charge is -2.13. The zero-order valence-electron chi connectivity index (χ0n) is 8.40. The average Bonchev–Trinajstić information content (AvgIpc) is 2.56. The zero-order valence-corrected chi connectivity index (χ0v) is 8.40. The molecule has 1 aromatic heterocycles. The summed E-state index contributed by atoms with van der Waals surface area (Å²) in [6.45, 7) is 3.11. The molecule has 0 aliphatic carbocycles. The molecule has 1 heterocycles. The Hall–Kier alpha value is -1.36. The van der Waals surface area contributed by atoms with Crippen molar-refractivity contribution in [2.24, 2.45) is 0 Å². The Morgan fingerprint density at radius 1 is 1.71 bits per heavy atom. The highest BCUT2D eigenvalue weighted by Gasteiger charge is 2.08. The Bertz CT molecular complexity index is 272. The van der Waals surface area contributed by atoms with Gasteiger partial charge in [-0.3, -0.25) is 9.69 Å². The Morgan fingerprint density at radius 3 is 3.07 bits per heavy atom. The van der Waals surface area contributed by atoms with Crippen molar-refractivity contribution in [2.45, 2.75) is 13.5 Å². The van der Waals surface area contributed by atoms with E-state index in [1.807, 2.05) is 11.9 Å². The molecule has 0 aromatic carbocycles. The monoisotopic (exact) mass is 198 g/mol. The van der Waals surface area contributed by atoms with Gasteiger partial charge in [0.05, 0.1) is 19.3 Å². The van der Waals surface area contributed by atoms with Crippen LogP contribution in [0.4, 0.5) is 0 Å². The lowest BCUT2D eigenvalue weighted by Crippen LogP contribution is -2.26. The van der Waals surface area contributed by atoms with E-state index < -0.39 is 0 Å². The number of nitrogens with zero attached hydrogens (tertiary/aromatic N) is 2. The highest BCUT2D eigenvalue weighted by Crippen LogP contribution is 2.00. The maximum absolute atomic E-state index is 11.1. The molecule has 0 saturated carbocycles. The summed E-state index contributed by atoms with van der Waals surface area (Å²) in [6.07, 6.45) is 3.18. The van der Waals surface area contributed by atoms with E-state index in [9.17, 15) is 4.79 Å². The van der Waals surface area contributed by atoms with Gasteiger partial charge in [0, 0.05) is 12.1 Å². The highest BCUT2D eigenvalue weighted by molar-refractivity contribution is 5.71. The van der Waals surface area contributed by atoms with Gasteiger partial charge in [-0.1, -0.05) is 5.16 Å². The Morgan fingerprint density at radius 2 is 2.50 bits per heavy atom. The Labute approximate surface area is 82.6 Å². The van der Waals surface area contributed by atoms with E-state index in [4.69, 9.17) is 4.74 Å². The minimum atomic E-state index is -0.216. The van der Waals surface area contributed by atoms with Crippen LogP contribution in [0.15, 0.2) is 17.0 Å². The van der Waals surface area contributed by atoms with Crippen LogP contribution in [0.5, 0.6) is 0 Å². The third-order valence-electron chi connectivity index (χ3n) is 1.64. The van der Waals surface area contributed by atoms with E-state index >= 15 is 0 Å². The molecule has 5 heteroatoms. The van der Waals surface area contributed by atoms with Crippen molar-refractivity contribution in [1.29, 1.82) is 0 Å². The van der Waals surface area contributed by atoms with Crippen molar-refractivity contribution in [3.63, 3.8) is 0 Å². The van der Waals surface area contributed by atoms with Crippen molar-refractivity contribution >= 4 is 5.97 Å². The van der Waals surface area contributed by atoms with Crippen LogP contribution in [0.25, 0.3) is 0 Å². The van der Waals surface area contributed by atoms with E-state index in [-0.39, 0.29) is 12.5 Å². The minimum absolute atomic E-state index is 0.216. The summed E-state index contributed by atoms with van der Waals surface area (Å²) in [5.74, 6) is -0.216. The Kier molecular flexibility index (Phi) is 4.12. The van der Waals surface area contributed by atoms with Crippen molar-refractivity contribution < 1.29 is 14.1 Å². The number of esters is 1. The van der Waals surface area contributed by atoms with Gasteiger partial charge in [-0.15, -0.1) is 0 Å². The highest BCUT2D eigenvalue weighted by atomic mass is 16.5. The molecule has 5 nitrogen and oxygen atoms in total. The molecule has 0 N–H and O–H groups in total. The van der Waals surface area contributed by atoms with Gasteiger partial charge >= 0.3 is 5.97 Å². The normalized spacial score (nSPS) is 10.5. The van der Waals surface area contributed by atoms with Gasteiger partial charge in [0.15, 0.2) is 0 Å². The summed E-state index contributed by atoms with van der Waals surface area (Å²) in [4.78, 5) is 12.9. The van der Waals surface area contributed by atoms with Crippen LogP contribution in [0.3, 0.4) is 0 Å². The largest absolute Gasteiger partial charge is 0.465 e. The molecule has 0 saturated heterocycles. The summed E-state index contributed by atoms with van der Waals surface area (Å²) in [6, 6.07) is 0. The summed E-state index contributed by atoms with van der Waals surface area (Å²) < 4.78 is 9.49. The van der Waals surface area contributed by atoms with Crippen molar-refractivity contribution in [3.8, 4) is 0 Å². The molecule has 14 heavy (non-hydrogen) atoms. The van der Waals surface area contributed by atoms with E-state index in [1.165, 1.54) is 0 Å². The predicted octanol–water partition coefficient (Wildman–Crippen LogP) is 0.669. The van der Waals surface area contributed by atoms with Gasteiger partial charge in [-0.2, -0.15) is 0 Å². The molecule has 0 radical (unpaired) electrons. The molecule has 0 fully saturated rings. The Balaban J connectivity index is 2.29. The van der Waals surface area contributed by atoms with Crippen molar-refractivity contribution in [3.05, 3.63) is 18.0 Å². The summed E-state index contributed by atoms with van der Waals surface area (Å²) in [5.41, 5.74) is 0.941. The molecule has 1 rings (SSSR count). The maximum Gasteiger partial charge on any atom is 0.320 e. The number of likely N-dealkylation sites (N-methyl/N-ethyl adjacent to an activating group) is 1. The first-order valence-corrected chi connectivity index (χ1v) is 4.44. The average molecular weight is 198 g/mol. The fourth-order valence-corrected chi connectivity index (χ4v) is 1.10. The number of carbonyl (C=O) groups excluding carboxylic acids is 1. The molecule has 0 atom stereocenters.